The minimum atomic E-state index is 0.0877. The Labute approximate surface area is 140 Å². The largest absolute Gasteiger partial charge is 0.491 e. The molecule has 128 valence electrons. The second-order valence-electron chi connectivity index (χ2n) is 6.93. The Morgan fingerprint density at radius 3 is 2.65 bits per heavy atom. The van der Waals surface area contributed by atoms with E-state index in [4.69, 9.17) is 4.74 Å². The lowest BCUT2D eigenvalue weighted by atomic mass is 10.0. The molecule has 1 heterocycles. The van der Waals surface area contributed by atoms with Gasteiger partial charge in [0.1, 0.15) is 12.4 Å². The van der Waals surface area contributed by atoms with Crippen LogP contribution in [0.4, 0.5) is 0 Å². The fourth-order valence-electron chi connectivity index (χ4n) is 3.08. The number of carbonyl (C=O) groups excluding carboxylic acids is 1. The first-order chi connectivity index (χ1) is 11.0. The SMILES string of the molecule is CC(C)[C@H]1COc2ccccc2CCCCN(C)CC(=O)N1C. The number of amides is 1. The summed E-state index contributed by atoms with van der Waals surface area (Å²) in [4.78, 5) is 16.5. The number of aryl methyl sites for hydroxylation is 1. The van der Waals surface area contributed by atoms with Gasteiger partial charge in [-0.05, 0) is 50.4 Å². The average molecular weight is 318 g/mol. The number of fused-ring (bicyclic) bond motifs is 1. The van der Waals surface area contributed by atoms with Crippen molar-refractivity contribution in [2.24, 2.45) is 5.92 Å². The van der Waals surface area contributed by atoms with Crippen LogP contribution in [-0.4, -0.2) is 55.5 Å². The zero-order valence-corrected chi connectivity index (χ0v) is 14.9. The van der Waals surface area contributed by atoms with Gasteiger partial charge in [-0.15, -0.1) is 0 Å². The molecule has 0 fully saturated rings. The first kappa shape index (κ1) is 17.8. The Kier molecular flexibility index (Phi) is 6.46. The van der Waals surface area contributed by atoms with E-state index in [9.17, 15) is 4.79 Å². The zero-order chi connectivity index (χ0) is 16.8. The van der Waals surface area contributed by atoms with Crippen LogP contribution in [0.15, 0.2) is 24.3 Å². The number of likely N-dealkylation sites (N-methyl/N-ethyl adjacent to an activating group) is 2. The van der Waals surface area contributed by atoms with Gasteiger partial charge in [0.2, 0.25) is 5.91 Å². The Bertz CT molecular complexity index is 516. The first-order valence-corrected chi connectivity index (χ1v) is 8.64. The van der Waals surface area contributed by atoms with Crippen LogP contribution in [-0.2, 0) is 11.2 Å². The zero-order valence-electron chi connectivity index (χ0n) is 14.9. The van der Waals surface area contributed by atoms with Crippen molar-refractivity contribution in [3.63, 3.8) is 0 Å². The maximum Gasteiger partial charge on any atom is 0.236 e. The van der Waals surface area contributed by atoms with Crippen molar-refractivity contribution in [2.45, 2.75) is 39.2 Å². The maximum atomic E-state index is 12.5. The monoisotopic (exact) mass is 318 g/mol. The third kappa shape index (κ3) is 4.96. The highest BCUT2D eigenvalue weighted by Gasteiger charge is 2.25. The van der Waals surface area contributed by atoms with E-state index < -0.39 is 0 Å². The molecular formula is C19H30N2O2. The molecule has 4 nitrogen and oxygen atoms in total. The fourth-order valence-corrected chi connectivity index (χ4v) is 3.08. The van der Waals surface area contributed by atoms with E-state index in [1.807, 2.05) is 31.1 Å². The quantitative estimate of drug-likeness (QED) is 0.798. The van der Waals surface area contributed by atoms with Crippen molar-refractivity contribution in [1.82, 2.24) is 9.80 Å². The number of carbonyl (C=O) groups is 1. The molecule has 4 heteroatoms. The van der Waals surface area contributed by atoms with Crippen molar-refractivity contribution < 1.29 is 9.53 Å². The van der Waals surface area contributed by atoms with E-state index in [0.717, 1.165) is 31.6 Å². The standard InChI is InChI=1S/C19H30N2O2/c1-15(2)17-14-23-18-11-6-5-9-16(18)10-7-8-12-20(3)13-19(22)21(17)4/h5-6,9,11,15,17H,7-8,10,12-14H2,1-4H3/t17-/m1/s1. The maximum absolute atomic E-state index is 12.5. The van der Waals surface area contributed by atoms with Gasteiger partial charge in [-0.25, -0.2) is 0 Å². The summed E-state index contributed by atoms with van der Waals surface area (Å²) in [6.07, 6.45) is 3.23. The highest BCUT2D eigenvalue weighted by atomic mass is 16.5. The molecule has 0 spiro atoms. The van der Waals surface area contributed by atoms with E-state index in [0.29, 0.717) is 19.1 Å². The van der Waals surface area contributed by atoms with E-state index >= 15 is 0 Å². The molecule has 1 amide bonds. The molecule has 2 rings (SSSR count). The minimum absolute atomic E-state index is 0.0877. The molecule has 1 aromatic carbocycles. The summed E-state index contributed by atoms with van der Waals surface area (Å²) in [5, 5.41) is 0. The van der Waals surface area contributed by atoms with Crippen molar-refractivity contribution in [3.8, 4) is 5.75 Å². The van der Waals surface area contributed by atoms with E-state index in [1.165, 1.54) is 5.56 Å². The molecule has 23 heavy (non-hydrogen) atoms. The number of hydrogen-bond donors (Lipinski definition) is 0. The smallest absolute Gasteiger partial charge is 0.236 e. The third-order valence-corrected chi connectivity index (χ3v) is 4.68. The number of rotatable bonds is 1. The van der Waals surface area contributed by atoms with Crippen LogP contribution < -0.4 is 4.74 Å². The number of benzene rings is 1. The van der Waals surface area contributed by atoms with Crippen molar-refractivity contribution >= 4 is 5.91 Å². The topological polar surface area (TPSA) is 32.8 Å². The molecule has 0 unspecified atom stereocenters. The van der Waals surface area contributed by atoms with Crippen molar-refractivity contribution in [1.29, 1.82) is 0 Å². The molecule has 0 bridgehead atoms. The normalized spacial score (nSPS) is 21.9. The molecule has 0 aromatic heterocycles. The number of para-hydroxylation sites is 1. The summed E-state index contributed by atoms with van der Waals surface area (Å²) >= 11 is 0. The summed E-state index contributed by atoms with van der Waals surface area (Å²) in [5.41, 5.74) is 1.27. The van der Waals surface area contributed by atoms with Crippen molar-refractivity contribution in [3.05, 3.63) is 29.8 Å². The van der Waals surface area contributed by atoms with Gasteiger partial charge in [0.05, 0.1) is 12.6 Å². The molecule has 1 aromatic rings. The molecule has 0 aliphatic carbocycles. The van der Waals surface area contributed by atoms with Crippen LogP contribution >= 0.6 is 0 Å². The second-order valence-corrected chi connectivity index (χ2v) is 6.93. The summed E-state index contributed by atoms with van der Waals surface area (Å²) < 4.78 is 6.11. The van der Waals surface area contributed by atoms with Gasteiger partial charge in [0.15, 0.2) is 0 Å². The Morgan fingerprint density at radius 2 is 1.91 bits per heavy atom. The summed E-state index contributed by atoms with van der Waals surface area (Å²) in [6, 6.07) is 8.37. The molecule has 0 N–H and O–H groups in total. The molecule has 1 atom stereocenters. The number of nitrogens with zero attached hydrogens (tertiary/aromatic N) is 2. The van der Waals surface area contributed by atoms with Gasteiger partial charge in [0.25, 0.3) is 0 Å². The van der Waals surface area contributed by atoms with Crippen LogP contribution in [0.2, 0.25) is 0 Å². The van der Waals surface area contributed by atoms with Crippen LogP contribution in [0, 0.1) is 5.92 Å². The first-order valence-electron chi connectivity index (χ1n) is 8.64. The lowest BCUT2D eigenvalue weighted by molar-refractivity contribution is -0.134. The van der Waals surface area contributed by atoms with Crippen LogP contribution in [0.1, 0.15) is 32.3 Å². The fraction of sp³-hybridized carbons (Fsp3) is 0.632. The van der Waals surface area contributed by atoms with E-state index in [2.05, 4.69) is 30.9 Å². The number of hydrogen-bond acceptors (Lipinski definition) is 3. The molecule has 0 saturated carbocycles. The van der Waals surface area contributed by atoms with Gasteiger partial charge in [-0.2, -0.15) is 0 Å². The number of ether oxygens (including phenoxy) is 1. The van der Waals surface area contributed by atoms with Crippen molar-refractivity contribution in [2.75, 3.05) is 33.8 Å². The van der Waals surface area contributed by atoms with Gasteiger partial charge in [-0.3, -0.25) is 9.69 Å². The van der Waals surface area contributed by atoms with Crippen LogP contribution in [0.25, 0.3) is 0 Å². The van der Waals surface area contributed by atoms with Crippen LogP contribution in [0.5, 0.6) is 5.75 Å². The summed E-state index contributed by atoms with van der Waals surface area (Å²) in [6.45, 7) is 6.26. The Hall–Kier alpha value is -1.55. The molecular weight excluding hydrogens is 288 g/mol. The van der Waals surface area contributed by atoms with E-state index in [-0.39, 0.29) is 11.9 Å². The minimum Gasteiger partial charge on any atom is -0.491 e. The van der Waals surface area contributed by atoms with Gasteiger partial charge >= 0.3 is 0 Å². The molecule has 1 aliphatic rings. The molecule has 1 aliphatic heterocycles. The summed E-state index contributed by atoms with van der Waals surface area (Å²) in [5.74, 6) is 1.49. The molecule has 0 saturated heterocycles. The Balaban J connectivity index is 2.21. The molecule has 0 radical (unpaired) electrons. The third-order valence-electron chi connectivity index (χ3n) is 4.68. The van der Waals surface area contributed by atoms with Gasteiger partial charge in [-0.1, -0.05) is 32.0 Å². The lowest BCUT2D eigenvalue weighted by Gasteiger charge is -2.32. The lowest BCUT2D eigenvalue weighted by Crippen LogP contribution is -2.47. The highest BCUT2D eigenvalue weighted by Crippen LogP contribution is 2.22. The van der Waals surface area contributed by atoms with Gasteiger partial charge < -0.3 is 9.64 Å². The average Bonchev–Trinajstić information content (AvgIpc) is 2.52. The van der Waals surface area contributed by atoms with Crippen LogP contribution in [0.3, 0.4) is 0 Å². The second kappa shape index (κ2) is 8.34. The predicted octanol–water partition coefficient (Wildman–Crippen LogP) is 2.82. The van der Waals surface area contributed by atoms with Gasteiger partial charge in [0, 0.05) is 7.05 Å². The Morgan fingerprint density at radius 1 is 1.17 bits per heavy atom. The summed E-state index contributed by atoms with van der Waals surface area (Å²) in [7, 11) is 3.93. The van der Waals surface area contributed by atoms with E-state index in [1.54, 1.807) is 0 Å². The highest BCUT2D eigenvalue weighted by molar-refractivity contribution is 5.78. The predicted molar refractivity (Wildman–Crippen MR) is 93.8 cm³/mol.